The average molecular weight is 1490 g/mol. The van der Waals surface area contributed by atoms with Crippen LogP contribution < -0.4 is 147 Å². The molecule has 2 aliphatic heterocycles. The summed E-state index contributed by atoms with van der Waals surface area (Å²) in [4.78, 5) is 64.5. The number of hydrogen-bond donors (Lipinski definition) is 0. The first-order valence-corrected chi connectivity index (χ1v) is 36.1. The molecule has 102 heavy (non-hydrogen) atoms. The van der Waals surface area contributed by atoms with Gasteiger partial charge in [-0.2, -0.15) is 0 Å². The van der Waals surface area contributed by atoms with Gasteiger partial charge >= 0.3 is 118 Å². The second-order valence-electron chi connectivity index (χ2n) is 24.9. The Kier molecular flexibility index (Phi) is 23.2. The molecule has 0 spiro atoms. The summed E-state index contributed by atoms with van der Waals surface area (Å²) >= 11 is 0. The third-order valence-electron chi connectivity index (χ3n) is 17.4. The van der Waals surface area contributed by atoms with Crippen LogP contribution in [-0.4, -0.2) is 75.5 Å². The molecule has 11 aromatic rings. The summed E-state index contributed by atoms with van der Waals surface area (Å²) in [5, 5.41) is -0.738. The Bertz CT molecular complexity index is 5090. The standard InChI is InChI=1S/C72H58N2O20S4.4Na/c1-35(2)47-11-9-12-48(36(3)4)67(47)73-69(75)51-31-55(91-39-15-23-43(24-16-39)95(79,80)81)61-63-57(93-41-19-27-45(28-20-41)97(85,86)87)33-53-60-54(72(78)74(71(53)77)68-49(37(5)6)13-10-14-50(68)38(7)8)34-58(94-42-21-29-46(30-22-42)98(88,89)90)64(66(60)63)62-56(32-52(70(73)76)59(51)65(61)62)92-40-17-25-44(26-18-40)96(82,83)84;;;;/h9-38H,1-8H3,(H,79,80,81)(H,82,83,84)(H,85,86,87)(H,88,89,90);;;;/q;4*+1/p-4. The molecule has 2 heterocycles. The van der Waals surface area contributed by atoms with Crippen molar-refractivity contribution in [3.05, 3.63) is 202 Å². The first kappa shape index (κ1) is 79.9. The first-order chi connectivity index (χ1) is 46.1. The van der Waals surface area contributed by atoms with Gasteiger partial charge in [0.15, 0.2) is 0 Å². The maximum atomic E-state index is 16.3. The van der Waals surface area contributed by atoms with E-state index in [1.165, 1.54) is 24.3 Å². The normalized spacial score (nSPS) is 13.3. The number of benzene rings is 11. The fraction of sp³-hybridized carbons (Fsp3) is 0.167. The maximum Gasteiger partial charge on any atom is 1.00 e. The van der Waals surface area contributed by atoms with Gasteiger partial charge in [0, 0.05) is 43.1 Å². The van der Waals surface area contributed by atoms with E-state index in [1.807, 2.05) is 55.4 Å². The van der Waals surface area contributed by atoms with Gasteiger partial charge in [-0.1, -0.05) is 91.8 Å². The number of hydrogen-bond acceptors (Lipinski definition) is 20. The van der Waals surface area contributed by atoms with Crippen LogP contribution in [0, 0.1) is 0 Å². The average Bonchev–Trinajstić information content (AvgIpc) is 0.670. The Morgan fingerprint density at radius 2 is 0.471 bits per heavy atom. The summed E-state index contributed by atoms with van der Waals surface area (Å²) in [6, 6.07) is 33.1. The number of carbonyl (C=O) groups is 4. The molecule has 0 atom stereocenters. The molecule has 4 amide bonds. The van der Waals surface area contributed by atoms with Crippen molar-refractivity contribution in [3.63, 3.8) is 0 Å². The summed E-state index contributed by atoms with van der Waals surface area (Å²) in [7, 11) is -20.2. The van der Waals surface area contributed by atoms with Crippen molar-refractivity contribution in [1.82, 2.24) is 0 Å². The fourth-order valence-corrected chi connectivity index (χ4v) is 14.9. The van der Waals surface area contributed by atoms with Crippen molar-refractivity contribution in [1.29, 1.82) is 0 Å². The zero-order valence-corrected chi connectivity index (χ0v) is 68.3. The molecule has 0 N–H and O–H groups in total. The van der Waals surface area contributed by atoms with E-state index in [0.29, 0.717) is 22.3 Å². The third kappa shape index (κ3) is 14.3. The maximum absolute atomic E-state index is 16.3. The number of imide groups is 2. The smallest absolute Gasteiger partial charge is 0.744 e. The fourth-order valence-electron chi connectivity index (χ4n) is 13.0. The molecule has 0 saturated carbocycles. The van der Waals surface area contributed by atoms with Crippen LogP contribution in [0.3, 0.4) is 0 Å². The summed E-state index contributed by atoms with van der Waals surface area (Å²) in [5.74, 6) is -6.53. The van der Waals surface area contributed by atoms with E-state index in [9.17, 15) is 51.9 Å². The minimum atomic E-state index is -5.06. The van der Waals surface area contributed by atoms with Gasteiger partial charge in [0.05, 0.1) is 53.2 Å². The van der Waals surface area contributed by atoms with Crippen molar-refractivity contribution in [3.8, 4) is 46.0 Å². The van der Waals surface area contributed by atoms with E-state index in [0.717, 1.165) is 107 Å². The van der Waals surface area contributed by atoms with E-state index < -0.39 is 83.7 Å². The number of ether oxygens (including phenoxy) is 4. The SMILES string of the molecule is CC(C)c1cccc(C(C)C)c1N1C(=O)c2cc(Oc3ccc(S(=O)(=O)[O-])cc3)c3c4c(Oc5ccc(S(=O)(=O)[O-])cc5)cc5c6c(cc(Oc7ccc(S(=O)(=O)[O-])cc7)c(c7c(Oc8ccc(S(=O)(=O)[O-])cc8)cc(c2c37)C1=O)c64)C(=O)N(c1c(C(C)C)cccc1C(C)C)C5=O.[Na+].[Na+].[Na+].[Na+]. The van der Waals surface area contributed by atoms with Gasteiger partial charge < -0.3 is 37.2 Å². The minimum absolute atomic E-state index is 0. The van der Waals surface area contributed by atoms with Crippen LogP contribution in [0.5, 0.6) is 46.0 Å². The molecule has 22 nitrogen and oxygen atoms in total. The number of amides is 4. The van der Waals surface area contributed by atoms with Crippen LogP contribution in [0.1, 0.15) is 143 Å². The Balaban J connectivity index is 0.00000302. The van der Waals surface area contributed by atoms with Gasteiger partial charge in [0.2, 0.25) is 0 Å². The molecule has 0 saturated heterocycles. The number of para-hydroxylation sites is 2. The third-order valence-corrected chi connectivity index (χ3v) is 20.8. The largest absolute Gasteiger partial charge is 1.00 e. The number of carbonyl (C=O) groups excluding carboxylic acids is 4. The predicted octanol–water partition coefficient (Wildman–Crippen LogP) is 2.63. The quantitative estimate of drug-likeness (QED) is 0.0392. The van der Waals surface area contributed by atoms with Crippen LogP contribution in [0.2, 0.25) is 0 Å². The monoisotopic (exact) mass is 1490 g/mol. The van der Waals surface area contributed by atoms with E-state index in [-0.39, 0.29) is 265 Å². The second kappa shape index (κ2) is 29.6. The number of nitrogens with zero attached hydrogens (tertiary/aromatic N) is 2. The van der Waals surface area contributed by atoms with Crippen molar-refractivity contribution in [2.75, 3.05) is 9.80 Å². The molecule has 30 heteroatoms. The Labute approximate surface area is 675 Å². The molecule has 11 aromatic carbocycles. The topological polar surface area (TPSA) is 340 Å². The van der Waals surface area contributed by atoms with Crippen LogP contribution in [0.4, 0.5) is 11.4 Å². The molecule has 2 aliphatic rings. The Morgan fingerprint density at radius 3 is 0.637 bits per heavy atom. The molecule has 500 valence electrons. The van der Waals surface area contributed by atoms with Crippen LogP contribution in [-0.2, 0) is 40.5 Å². The van der Waals surface area contributed by atoms with Gasteiger partial charge in [0.1, 0.15) is 86.5 Å². The molecule has 0 bridgehead atoms. The summed E-state index contributed by atoms with van der Waals surface area (Å²) in [6.45, 7) is 15.0. The predicted molar refractivity (Wildman–Crippen MR) is 357 cm³/mol. The van der Waals surface area contributed by atoms with Crippen molar-refractivity contribution in [2.24, 2.45) is 0 Å². The van der Waals surface area contributed by atoms with Crippen LogP contribution >= 0.6 is 0 Å². The Morgan fingerprint density at radius 1 is 0.284 bits per heavy atom. The van der Waals surface area contributed by atoms with Crippen molar-refractivity contribution < 1.29 is 208 Å². The van der Waals surface area contributed by atoms with Crippen LogP contribution in [0.25, 0.3) is 43.1 Å². The first-order valence-electron chi connectivity index (χ1n) is 30.5. The second-order valence-corrected chi connectivity index (χ2v) is 30.4. The molecular formula is C72H54N2Na4O20S4. The summed E-state index contributed by atoms with van der Waals surface area (Å²) < 4.78 is 176. The van der Waals surface area contributed by atoms with Gasteiger partial charge in [-0.25, -0.2) is 43.5 Å². The number of anilines is 2. The van der Waals surface area contributed by atoms with Gasteiger partial charge in [-0.15, -0.1) is 0 Å². The summed E-state index contributed by atoms with van der Waals surface area (Å²) in [6.07, 6.45) is 0. The van der Waals surface area contributed by atoms with Crippen molar-refractivity contribution >= 4 is 119 Å². The zero-order chi connectivity index (χ0) is 70.3. The minimum Gasteiger partial charge on any atom is -0.744 e. The Hall–Kier alpha value is -6.16. The molecule has 0 aliphatic carbocycles. The number of fused-ring (bicyclic) bond motifs is 2. The van der Waals surface area contributed by atoms with Gasteiger partial charge in [-0.05, 0) is 167 Å². The van der Waals surface area contributed by atoms with Gasteiger partial charge in [0.25, 0.3) is 23.6 Å². The summed E-state index contributed by atoms with van der Waals surface area (Å²) in [5.41, 5.74) is 2.07. The number of rotatable bonds is 18. The van der Waals surface area contributed by atoms with Gasteiger partial charge in [-0.3, -0.25) is 19.2 Å². The van der Waals surface area contributed by atoms with E-state index in [4.69, 9.17) is 18.9 Å². The zero-order valence-electron chi connectivity index (χ0n) is 57.0. The van der Waals surface area contributed by atoms with E-state index in [2.05, 4.69) is 0 Å². The van der Waals surface area contributed by atoms with E-state index in [1.54, 1.807) is 36.4 Å². The molecule has 0 radical (unpaired) electrons. The molecule has 0 unspecified atom stereocenters. The van der Waals surface area contributed by atoms with E-state index >= 15 is 19.2 Å². The van der Waals surface area contributed by atoms with Crippen LogP contribution in [0.15, 0.2) is 177 Å². The molecule has 0 aromatic heterocycles. The van der Waals surface area contributed by atoms with Crippen molar-refractivity contribution in [2.45, 2.75) is 98.6 Å². The molecular weight excluding hydrogens is 1430 g/mol. The molecule has 0 fully saturated rings. The molecule has 13 rings (SSSR count).